The number of urea groups is 1. The van der Waals surface area contributed by atoms with Gasteiger partial charge in [0.2, 0.25) is 0 Å². The first-order chi connectivity index (χ1) is 10.7. The molecule has 1 saturated carbocycles. The molecule has 3 N–H and O–H groups in total. The first-order valence-electron chi connectivity index (χ1n) is 7.67. The number of aliphatic hydroxyl groups is 1. The van der Waals surface area contributed by atoms with Crippen molar-refractivity contribution in [1.82, 2.24) is 14.9 Å². The van der Waals surface area contributed by atoms with Crippen molar-refractivity contribution in [3.63, 3.8) is 0 Å². The van der Waals surface area contributed by atoms with Crippen LogP contribution in [0.15, 0.2) is 18.2 Å². The van der Waals surface area contributed by atoms with Crippen molar-refractivity contribution in [3.8, 4) is 0 Å². The fourth-order valence-corrected chi connectivity index (χ4v) is 3.51. The van der Waals surface area contributed by atoms with Gasteiger partial charge in [-0.3, -0.25) is 0 Å². The maximum atomic E-state index is 11.9. The predicted octanol–water partition coefficient (Wildman–Crippen LogP) is 2.75. The number of rotatable bonds is 4. The highest BCUT2D eigenvalue weighted by Gasteiger charge is 2.21. The molecule has 6 nitrogen and oxygen atoms in total. The second kappa shape index (κ2) is 7.02. The maximum absolute atomic E-state index is 11.9. The van der Waals surface area contributed by atoms with Gasteiger partial charge in [0.15, 0.2) is 0 Å². The molecule has 1 heterocycles. The van der Waals surface area contributed by atoms with Crippen molar-refractivity contribution in [2.45, 2.75) is 38.2 Å². The van der Waals surface area contributed by atoms with E-state index in [9.17, 15) is 9.90 Å². The molecule has 2 aromatic rings. The molecule has 7 heteroatoms. The number of hydrogen-bond acceptors (Lipinski definition) is 5. The van der Waals surface area contributed by atoms with E-state index in [-0.39, 0.29) is 6.03 Å². The molecule has 0 aliphatic heterocycles. The van der Waals surface area contributed by atoms with Crippen molar-refractivity contribution in [1.29, 1.82) is 0 Å². The van der Waals surface area contributed by atoms with Crippen LogP contribution in [-0.2, 0) is 0 Å². The lowest BCUT2D eigenvalue weighted by Crippen LogP contribution is -2.39. The number of anilines is 1. The Morgan fingerprint density at radius 1 is 1.36 bits per heavy atom. The van der Waals surface area contributed by atoms with Gasteiger partial charge in [-0.05, 0) is 48.5 Å². The van der Waals surface area contributed by atoms with Crippen LogP contribution >= 0.6 is 11.5 Å². The first kappa shape index (κ1) is 15.2. The quantitative estimate of drug-likeness (QED) is 0.808. The van der Waals surface area contributed by atoms with Crippen LogP contribution in [0.2, 0.25) is 0 Å². The van der Waals surface area contributed by atoms with Crippen LogP contribution in [0.1, 0.15) is 32.1 Å². The molecular formula is C15H20N4O2S. The fraction of sp³-hybridized carbons (Fsp3) is 0.533. The summed E-state index contributed by atoms with van der Waals surface area (Å²) < 4.78 is 4.79. The predicted molar refractivity (Wildman–Crippen MR) is 87.0 cm³/mol. The summed E-state index contributed by atoms with van der Waals surface area (Å²) in [4.78, 5) is 11.9. The molecule has 1 aromatic carbocycles. The molecule has 3 rings (SSSR count). The van der Waals surface area contributed by atoms with Crippen LogP contribution in [-0.4, -0.2) is 33.4 Å². The molecule has 2 amide bonds. The molecule has 118 valence electrons. The molecule has 1 unspecified atom stereocenters. The van der Waals surface area contributed by atoms with E-state index in [0.717, 1.165) is 23.1 Å². The minimum atomic E-state index is -0.459. The zero-order chi connectivity index (χ0) is 15.4. The first-order valence-corrected chi connectivity index (χ1v) is 8.45. The summed E-state index contributed by atoms with van der Waals surface area (Å²) in [6, 6.07) is 5.16. The Balaban J connectivity index is 1.49. The monoisotopic (exact) mass is 320 g/mol. The lowest BCUT2D eigenvalue weighted by molar-refractivity contribution is 0.0863. The number of aromatic nitrogens is 2. The van der Waals surface area contributed by atoms with E-state index in [1.807, 2.05) is 12.1 Å². The lowest BCUT2D eigenvalue weighted by Gasteiger charge is -2.26. The third-order valence-corrected chi connectivity index (χ3v) is 4.86. The molecule has 1 aromatic heterocycles. The van der Waals surface area contributed by atoms with Gasteiger partial charge in [0.25, 0.3) is 0 Å². The summed E-state index contributed by atoms with van der Waals surface area (Å²) in [6.07, 6.45) is 5.26. The standard InChI is InChI=1S/C15H20N4O2S/c20-13(10-4-2-1-3-5-10)9-16-15(21)17-11-6-7-12-14(8-11)22-19-18-12/h6-8,10,13,20H,1-5,9H2,(H2,16,17,21). The Morgan fingerprint density at radius 3 is 3.00 bits per heavy atom. The highest BCUT2D eigenvalue weighted by atomic mass is 32.1. The minimum absolute atomic E-state index is 0.293. The number of carbonyl (C=O) groups is 1. The Bertz CT molecular complexity index is 639. The van der Waals surface area contributed by atoms with Gasteiger partial charge >= 0.3 is 6.03 Å². The average molecular weight is 320 g/mol. The number of benzene rings is 1. The Hall–Kier alpha value is -1.73. The Morgan fingerprint density at radius 2 is 2.18 bits per heavy atom. The molecule has 0 radical (unpaired) electrons. The van der Waals surface area contributed by atoms with E-state index in [0.29, 0.717) is 18.2 Å². The molecular weight excluding hydrogens is 300 g/mol. The van der Waals surface area contributed by atoms with Crippen molar-refractivity contribution >= 4 is 33.5 Å². The van der Waals surface area contributed by atoms with Gasteiger partial charge in [0.1, 0.15) is 5.52 Å². The van der Waals surface area contributed by atoms with Crippen LogP contribution in [0.4, 0.5) is 10.5 Å². The van der Waals surface area contributed by atoms with Crippen LogP contribution in [0, 0.1) is 5.92 Å². The molecule has 0 bridgehead atoms. The molecule has 1 aliphatic carbocycles. The largest absolute Gasteiger partial charge is 0.391 e. The number of hydrogen-bond donors (Lipinski definition) is 3. The summed E-state index contributed by atoms with van der Waals surface area (Å²) in [5.74, 6) is 0.314. The SMILES string of the molecule is O=C(NCC(O)C1CCCCC1)Nc1ccc2nnsc2c1. The summed E-state index contributed by atoms with van der Waals surface area (Å²) in [5, 5.41) is 19.6. The van der Waals surface area contributed by atoms with Crippen LogP contribution in [0.5, 0.6) is 0 Å². The van der Waals surface area contributed by atoms with E-state index < -0.39 is 6.10 Å². The smallest absolute Gasteiger partial charge is 0.319 e. The van der Waals surface area contributed by atoms with Gasteiger partial charge in [0, 0.05) is 12.2 Å². The van der Waals surface area contributed by atoms with Gasteiger partial charge in [-0.15, -0.1) is 5.10 Å². The van der Waals surface area contributed by atoms with Crippen LogP contribution in [0.3, 0.4) is 0 Å². The number of nitrogens with one attached hydrogen (secondary N) is 2. The van der Waals surface area contributed by atoms with E-state index in [4.69, 9.17) is 0 Å². The van der Waals surface area contributed by atoms with Gasteiger partial charge in [-0.25, -0.2) is 4.79 Å². The lowest BCUT2D eigenvalue weighted by atomic mass is 9.85. The molecule has 1 aliphatic rings. The average Bonchev–Trinajstić information content (AvgIpc) is 3.01. The number of aliphatic hydroxyl groups excluding tert-OH is 1. The zero-order valence-electron chi connectivity index (χ0n) is 12.3. The van der Waals surface area contributed by atoms with Crippen molar-refractivity contribution < 1.29 is 9.90 Å². The van der Waals surface area contributed by atoms with Gasteiger partial charge in [0.05, 0.1) is 10.8 Å². The fourth-order valence-electron chi connectivity index (χ4n) is 2.91. The number of carbonyl (C=O) groups excluding carboxylic acids is 1. The van der Waals surface area contributed by atoms with Crippen molar-refractivity contribution in [2.24, 2.45) is 5.92 Å². The summed E-state index contributed by atoms with van der Waals surface area (Å²) in [7, 11) is 0. The van der Waals surface area contributed by atoms with Gasteiger partial charge in [-0.2, -0.15) is 0 Å². The summed E-state index contributed by atoms with van der Waals surface area (Å²) >= 11 is 1.29. The van der Waals surface area contributed by atoms with Crippen LogP contribution < -0.4 is 10.6 Å². The second-order valence-corrected chi connectivity index (χ2v) is 6.54. The number of nitrogens with zero attached hydrogens (tertiary/aromatic N) is 2. The molecule has 0 spiro atoms. The third-order valence-electron chi connectivity index (χ3n) is 4.17. The van der Waals surface area contributed by atoms with E-state index >= 15 is 0 Å². The topological polar surface area (TPSA) is 87.1 Å². The summed E-state index contributed by atoms with van der Waals surface area (Å²) in [5.41, 5.74) is 1.52. The van der Waals surface area contributed by atoms with Crippen LogP contribution in [0.25, 0.3) is 10.2 Å². The van der Waals surface area contributed by atoms with E-state index in [2.05, 4.69) is 20.2 Å². The van der Waals surface area contributed by atoms with Crippen molar-refractivity contribution in [2.75, 3.05) is 11.9 Å². The highest BCUT2D eigenvalue weighted by Crippen LogP contribution is 2.26. The zero-order valence-corrected chi connectivity index (χ0v) is 13.1. The Kier molecular flexibility index (Phi) is 4.84. The molecule has 1 fully saturated rings. The van der Waals surface area contributed by atoms with E-state index in [1.165, 1.54) is 30.8 Å². The molecule has 1 atom stereocenters. The van der Waals surface area contributed by atoms with Gasteiger partial charge < -0.3 is 15.7 Å². The number of fused-ring (bicyclic) bond motifs is 1. The normalized spacial score (nSPS) is 17.3. The Labute approximate surface area is 133 Å². The summed E-state index contributed by atoms with van der Waals surface area (Å²) in [6.45, 7) is 0.293. The van der Waals surface area contributed by atoms with Crippen molar-refractivity contribution in [3.05, 3.63) is 18.2 Å². The van der Waals surface area contributed by atoms with Gasteiger partial charge in [-0.1, -0.05) is 23.8 Å². The maximum Gasteiger partial charge on any atom is 0.319 e. The number of amides is 2. The molecule has 0 saturated heterocycles. The second-order valence-electron chi connectivity index (χ2n) is 5.76. The minimum Gasteiger partial charge on any atom is -0.391 e. The van der Waals surface area contributed by atoms with E-state index in [1.54, 1.807) is 6.07 Å². The molecule has 22 heavy (non-hydrogen) atoms. The highest BCUT2D eigenvalue weighted by molar-refractivity contribution is 7.12. The third kappa shape index (κ3) is 3.72.